The van der Waals surface area contributed by atoms with E-state index in [4.69, 9.17) is 27.3 Å². The Morgan fingerprint density at radius 1 is 1.00 bits per heavy atom. The van der Waals surface area contributed by atoms with Gasteiger partial charge in [-0.3, -0.25) is 4.57 Å². The molecule has 5 aromatic rings. The number of rotatable bonds is 5. The summed E-state index contributed by atoms with van der Waals surface area (Å²) in [6.07, 6.45) is 3.13. The van der Waals surface area contributed by atoms with Crippen molar-refractivity contribution >= 4 is 28.6 Å². The van der Waals surface area contributed by atoms with E-state index in [9.17, 15) is 4.39 Å². The number of imidazole rings is 1. The molecular weight excluding hydrogens is 419 g/mol. The molecule has 0 bridgehead atoms. The molecule has 0 unspecified atom stereocenters. The molecule has 2 N–H and O–H groups in total. The van der Waals surface area contributed by atoms with E-state index in [0.29, 0.717) is 45.6 Å². The highest BCUT2D eigenvalue weighted by Gasteiger charge is 2.19. The fourth-order valence-electron chi connectivity index (χ4n) is 3.34. The van der Waals surface area contributed by atoms with Gasteiger partial charge in [0, 0.05) is 17.8 Å². The maximum absolute atomic E-state index is 12.9. The molecule has 0 aliphatic heterocycles. The van der Waals surface area contributed by atoms with E-state index >= 15 is 0 Å². The molecule has 0 amide bonds. The molecule has 1 aromatic carbocycles. The van der Waals surface area contributed by atoms with Crippen molar-refractivity contribution in [3.63, 3.8) is 0 Å². The summed E-state index contributed by atoms with van der Waals surface area (Å²) in [5, 5.41) is 7.75. The highest BCUT2D eigenvalue weighted by atomic mass is 35.5. The summed E-state index contributed by atoms with van der Waals surface area (Å²) in [4.78, 5) is 13.7. The zero-order valence-electron chi connectivity index (χ0n) is 16.2. The summed E-state index contributed by atoms with van der Waals surface area (Å²) in [6.45, 7) is -0.759. The van der Waals surface area contributed by atoms with Crippen LogP contribution in [0.4, 0.5) is 10.2 Å². The second-order valence-electron chi connectivity index (χ2n) is 6.81. The molecule has 0 fully saturated rings. The van der Waals surface area contributed by atoms with Crippen LogP contribution in [-0.4, -0.2) is 34.5 Å². The van der Waals surface area contributed by atoms with Crippen LogP contribution < -0.4 is 5.73 Å². The lowest BCUT2D eigenvalue weighted by Gasteiger charge is -2.11. The molecule has 10 heteroatoms. The third-order valence-electron chi connectivity index (χ3n) is 4.86. The van der Waals surface area contributed by atoms with Crippen molar-refractivity contribution in [2.24, 2.45) is 0 Å². The highest BCUT2D eigenvalue weighted by molar-refractivity contribution is 6.17. The number of fused-ring (bicyclic) bond motifs is 1. The minimum absolute atomic E-state index is 0.363. The molecule has 0 radical (unpaired) electrons. The normalized spacial score (nSPS) is 11.3. The smallest absolute Gasteiger partial charge is 0.183 e. The first-order chi connectivity index (χ1) is 15.2. The third kappa shape index (κ3) is 3.38. The van der Waals surface area contributed by atoms with E-state index in [0.717, 1.165) is 15.9 Å². The number of hydrogen-bond acceptors (Lipinski definition) is 6. The number of nitrogen functional groups attached to an aromatic ring is 1. The standard InChI is InChI=1S/C21H16ClFN8/c22-10-13-3-5-14(6-4-13)31-20(15-2-1-9-25-19(15)24)27-17-8-7-16(26-21(17)31)18-11-30(12-23)29-28-18/h1-9,11H,10,12H2,(H2,24,25). The number of nitrogens with two attached hydrogens (primary N) is 1. The molecule has 0 aliphatic rings. The quantitative estimate of drug-likeness (QED) is 0.420. The molecule has 0 aliphatic carbocycles. The van der Waals surface area contributed by atoms with Crippen molar-refractivity contribution in [3.05, 3.63) is 66.5 Å². The summed E-state index contributed by atoms with van der Waals surface area (Å²) in [6, 6.07) is 15.1. The number of alkyl halides is 2. The molecule has 4 heterocycles. The summed E-state index contributed by atoms with van der Waals surface area (Å²) in [5.74, 6) is 1.39. The maximum Gasteiger partial charge on any atom is 0.183 e. The van der Waals surface area contributed by atoms with Crippen LogP contribution in [0.25, 0.3) is 39.6 Å². The van der Waals surface area contributed by atoms with Crippen LogP contribution in [0.2, 0.25) is 0 Å². The van der Waals surface area contributed by atoms with Crippen molar-refractivity contribution < 1.29 is 4.39 Å². The Bertz CT molecular complexity index is 1380. The number of halogens is 2. The second kappa shape index (κ2) is 7.77. The first-order valence-electron chi connectivity index (χ1n) is 9.40. The van der Waals surface area contributed by atoms with E-state index in [1.807, 2.05) is 41.0 Å². The van der Waals surface area contributed by atoms with Gasteiger partial charge in [-0.2, -0.15) is 0 Å². The average molecular weight is 435 g/mol. The lowest BCUT2D eigenvalue weighted by Crippen LogP contribution is -2.02. The molecule has 31 heavy (non-hydrogen) atoms. The Balaban J connectivity index is 1.76. The Kier molecular flexibility index (Phi) is 4.79. The van der Waals surface area contributed by atoms with E-state index < -0.39 is 6.80 Å². The van der Waals surface area contributed by atoms with Gasteiger partial charge in [0.25, 0.3) is 0 Å². The number of nitrogens with zero attached hydrogens (tertiary/aromatic N) is 7. The molecule has 0 spiro atoms. The minimum Gasteiger partial charge on any atom is -0.383 e. The zero-order chi connectivity index (χ0) is 21.4. The molecule has 0 saturated carbocycles. The van der Waals surface area contributed by atoms with E-state index in [-0.39, 0.29) is 0 Å². The fourth-order valence-corrected chi connectivity index (χ4v) is 3.52. The summed E-state index contributed by atoms with van der Waals surface area (Å²) < 4.78 is 15.9. The van der Waals surface area contributed by atoms with Gasteiger partial charge in [-0.1, -0.05) is 17.3 Å². The van der Waals surface area contributed by atoms with Crippen molar-refractivity contribution in [1.82, 2.24) is 34.5 Å². The maximum atomic E-state index is 12.9. The van der Waals surface area contributed by atoms with Gasteiger partial charge in [0.1, 0.15) is 17.0 Å². The Morgan fingerprint density at radius 2 is 1.84 bits per heavy atom. The monoisotopic (exact) mass is 434 g/mol. The van der Waals surface area contributed by atoms with Gasteiger partial charge in [-0.15, -0.1) is 16.7 Å². The van der Waals surface area contributed by atoms with Crippen molar-refractivity contribution in [2.45, 2.75) is 12.7 Å². The fraction of sp³-hybridized carbons (Fsp3) is 0.0952. The number of pyridine rings is 2. The summed E-state index contributed by atoms with van der Waals surface area (Å²) in [7, 11) is 0. The highest BCUT2D eigenvalue weighted by Crippen LogP contribution is 2.31. The molecule has 4 aromatic heterocycles. The van der Waals surface area contributed by atoms with Crippen LogP contribution >= 0.6 is 11.6 Å². The third-order valence-corrected chi connectivity index (χ3v) is 5.16. The average Bonchev–Trinajstić information content (AvgIpc) is 3.44. The van der Waals surface area contributed by atoms with E-state index in [2.05, 4.69) is 15.3 Å². The van der Waals surface area contributed by atoms with E-state index in [1.54, 1.807) is 18.3 Å². The first kappa shape index (κ1) is 19.1. The SMILES string of the molecule is Nc1ncccc1-c1nc2ccc(-c3cn(CF)nn3)nc2n1-c1ccc(CCl)cc1. The van der Waals surface area contributed by atoms with Gasteiger partial charge >= 0.3 is 0 Å². The molecular formula is C21H16ClFN8. The number of anilines is 1. The molecule has 0 atom stereocenters. The lowest BCUT2D eigenvalue weighted by molar-refractivity contribution is 0.343. The number of aromatic nitrogens is 7. The first-order valence-corrected chi connectivity index (χ1v) is 9.93. The van der Waals surface area contributed by atoms with Crippen LogP contribution in [0, 0.1) is 0 Å². The van der Waals surface area contributed by atoms with Gasteiger partial charge in [-0.05, 0) is 42.0 Å². The summed E-state index contributed by atoms with van der Waals surface area (Å²) >= 11 is 5.95. The van der Waals surface area contributed by atoms with Gasteiger partial charge in [0.2, 0.25) is 0 Å². The van der Waals surface area contributed by atoms with Crippen molar-refractivity contribution in [1.29, 1.82) is 0 Å². The molecule has 5 rings (SSSR count). The lowest BCUT2D eigenvalue weighted by atomic mass is 10.2. The Hall–Kier alpha value is -3.85. The Morgan fingerprint density at radius 3 is 2.55 bits per heavy atom. The van der Waals surface area contributed by atoms with Crippen LogP contribution in [0.15, 0.2) is 60.9 Å². The summed E-state index contributed by atoms with van der Waals surface area (Å²) in [5.41, 5.74) is 11.0. The molecule has 0 saturated heterocycles. The predicted molar refractivity (Wildman–Crippen MR) is 116 cm³/mol. The zero-order valence-corrected chi connectivity index (χ0v) is 16.9. The second-order valence-corrected chi connectivity index (χ2v) is 7.08. The van der Waals surface area contributed by atoms with Crippen LogP contribution in [0.5, 0.6) is 0 Å². The van der Waals surface area contributed by atoms with Crippen LogP contribution in [-0.2, 0) is 12.7 Å². The molecule has 154 valence electrons. The predicted octanol–water partition coefficient (Wildman–Crippen LogP) is 3.99. The van der Waals surface area contributed by atoms with Gasteiger partial charge in [0.05, 0.1) is 17.5 Å². The van der Waals surface area contributed by atoms with Gasteiger partial charge < -0.3 is 5.73 Å². The van der Waals surface area contributed by atoms with E-state index in [1.165, 1.54) is 6.20 Å². The van der Waals surface area contributed by atoms with Gasteiger partial charge in [-0.25, -0.2) is 24.0 Å². The Labute approximate surface area is 181 Å². The van der Waals surface area contributed by atoms with Crippen LogP contribution in [0.3, 0.4) is 0 Å². The largest absolute Gasteiger partial charge is 0.383 e. The van der Waals surface area contributed by atoms with Crippen molar-refractivity contribution in [3.8, 4) is 28.5 Å². The van der Waals surface area contributed by atoms with Crippen molar-refractivity contribution in [2.75, 3.05) is 5.73 Å². The topological polar surface area (TPSA) is 100 Å². The van der Waals surface area contributed by atoms with Crippen LogP contribution in [0.1, 0.15) is 5.56 Å². The number of hydrogen-bond donors (Lipinski definition) is 1. The molecule has 8 nitrogen and oxygen atoms in total. The minimum atomic E-state index is -0.759. The van der Waals surface area contributed by atoms with Gasteiger partial charge in [0.15, 0.2) is 18.3 Å². The number of benzene rings is 1.